The van der Waals surface area contributed by atoms with E-state index >= 15 is 0 Å². The Morgan fingerprint density at radius 3 is 2.36 bits per heavy atom. The Labute approximate surface area is 165 Å². The number of carbonyl (C=O) groups excluding carboxylic acids is 3. The Morgan fingerprint density at radius 1 is 1.11 bits per heavy atom. The molecule has 0 heterocycles. The molecule has 3 rings (SSSR count). The zero-order chi connectivity index (χ0) is 20.1. The number of nitrogens with one attached hydrogen (secondary N) is 2. The third-order valence-corrected chi connectivity index (χ3v) is 6.03. The van der Waals surface area contributed by atoms with Crippen molar-refractivity contribution in [2.75, 3.05) is 19.0 Å². The molecular weight excluding hydrogens is 358 g/mol. The zero-order valence-electron chi connectivity index (χ0n) is 16.3. The van der Waals surface area contributed by atoms with Gasteiger partial charge in [-0.15, -0.1) is 0 Å². The molecule has 2 amide bonds. The van der Waals surface area contributed by atoms with Crippen molar-refractivity contribution in [3.63, 3.8) is 0 Å². The van der Waals surface area contributed by atoms with Crippen molar-refractivity contribution < 1.29 is 19.1 Å². The number of carbonyl (C=O) groups is 3. The Bertz CT molecular complexity index is 705. The molecule has 2 aliphatic carbocycles. The first kappa shape index (κ1) is 20.3. The van der Waals surface area contributed by atoms with Gasteiger partial charge in [0.25, 0.3) is 0 Å². The summed E-state index contributed by atoms with van der Waals surface area (Å²) >= 11 is 0. The van der Waals surface area contributed by atoms with Crippen molar-refractivity contribution in [1.82, 2.24) is 5.32 Å². The number of fused-ring (bicyclic) bond motifs is 2. The van der Waals surface area contributed by atoms with Crippen LogP contribution in [0.1, 0.15) is 37.7 Å². The smallest absolute Gasteiger partial charge is 0.325 e. The molecule has 0 saturated heterocycles. The van der Waals surface area contributed by atoms with E-state index in [4.69, 9.17) is 5.73 Å². The van der Waals surface area contributed by atoms with Gasteiger partial charge in [0.15, 0.2) is 0 Å². The summed E-state index contributed by atoms with van der Waals surface area (Å²) in [6.07, 6.45) is 5.41. The van der Waals surface area contributed by atoms with Crippen LogP contribution in [0.5, 0.6) is 0 Å². The topological polar surface area (TPSA) is 111 Å². The second-order valence-corrected chi connectivity index (χ2v) is 7.91. The SMILES string of the molecule is COC(=O)CNC(=O)Cc1ccc(NC(=O)C2CC3CCCC(C2)C3N)cc1. The maximum atomic E-state index is 12.7. The molecule has 1 aromatic carbocycles. The maximum absolute atomic E-state index is 12.7. The van der Waals surface area contributed by atoms with Crippen molar-refractivity contribution in [2.24, 2.45) is 23.5 Å². The summed E-state index contributed by atoms with van der Waals surface area (Å²) in [7, 11) is 1.27. The summed E-state index contributed by atoms with van der Waals surface area (Å²) < 4.78 is 4.48. The van der Waals surface area contributed by atoms with Crippen LogP contribution in [0.2, 0.25) is 0 Å². The van der Waals surface area contributed by atoms with E-state index in [1.807, 2.05) is 0 Å². The van der Waals surface area contributed by atoms with E-state index in [1.165, 1.54) is 13.5 Å². The Hall–Kier alpha value is -2.41. The quantitative estimate of drug-likeness (QED) is 0.642. The van der Waals surface area contributed by atoms with Gasteiger partial charge in [0.2, 0.25) is 11.8 Å². The van der Waals surface area contributed by atoms with Gasteiger partial charge in [-0.25, -0.2) is 0 Å². The highest BCUT2D eigenvalue weighted by Gasteiger charge is 2.40. The lowest BCUT2D eigenvalue weighted by Crippen LogP contribution is -2.48. The summed E-state index contributed by atoms with van der Waals surface area (Å²) in [5.41, 5.74) is 7.84. The van der Waals surface area contributed by atoms with Gasteiger partial charge >= 0.3 is 5.97 Å². The largest absolute Gasteiger partial charge is 0.468 e. The lowest BCUT2D eigenvalue weighted by molar-refractivity contribution is -0.141. The number of methoxy groups -OCH3 is 1. The van der Waals surface area contributed by atoms with Crippen molar-refractivity contribution in [3.8, 4) is 0 Å². The fourth-order valence-electron chi connectivity index (χ4n) is 4.44. The number of hydrogen-bond donors (Lipinski definition) is 3. The van der Waals surface area contributed by atoms with Crippen LogP contribution in [0, 0.1) is 17.8 Å². The van der Waals surface area contributed by atoms with E-state index in [0.29, 0.717) is 11.8 Å². The highest BCUT2D eigenvalue weighted by atomic mass is 16.5. The van der Waals surface area contributed by atoms with Crippen LogP contribution in [0.25, 0.3) is 0 Å². The first-order chi connectivity index (χ1) is 13.5. The molecule has 2 fully saturated rings. The van der Waals surface area contributed by atoms with Crippen molar-refractivity contribution in [1.29, 1.82) is 0 Å². The highest BCUT2D eigenvalue weighted by molar-refractivity contribution is 5.92. The molecule has 7 heteroatoms. The first-order valence-corrected chi connectivity index (χ1v) is 9.95. The van der Waals surface area contributed by atoms with Gasteiger partial charge in [-0.2, -0.15) is 0 Å². The molecule has 28 heavy (non-hydrogen) atoms. The lowest BCUT2D eigenvalue weighted by Gasteiger charge is -2.43. The van der Waals surface area contributed by atoms with Gasteiger partial charge < -0.3 is 21.1 Å². The van der Waals surface area contributed by atoms with Crippen LogP contribution >= 0.6 is 0 Å². The Morgan fingerprint density at radius 2 is 1.75 bits per heavy atom. The van der Waals surface area contributed by atoms with Gasteiger partial charge in [0.05, 0.1) is 13.5 Å². The molecule has 4 N–H and O–H groups in total. The summed E-state index contributed by atoms with van der Waals surface area (Å²) in [6.45, 7) is -0.142. The van der Waals surface area contributed by atoms with Gasteiger partial charge in [0.1, 0.15) is 6.54 Å². The van der Waals surface area contributed by atoms with Crippen LogP contribution in [-0.4, -0.2) is 37.5 Å². The molecule has 1 aromatic rings. The number of hydrogen-bond acceptors (Lipinski definition) is 5. The number of ether oxygens (including phenoxy) is 1. The van der Waals surface area contributed by atoms with E-state index in [-0.39, 0.29) is 36.7 Å². The fourth-order valence-corrected chi connectivity index (χ4v) is 4.44. The maximum Gasteiger partial charge on any atom is 0.325 e. The summed E-state index contributed by atoms with van der Waals surface area (Å²) in [4.78, 5) is 35.6. The molecule has 0 radical (unpaired) electrons. The fraction of sp³-hybridized carbons (Fsp3) is 0.571. The standard InChI is InChI=1S/C21H29N3O4/c1-28-19(26)12-23-18(25)9-13-5-7-17(8-6-13)24-21(27)16-10-14-3-2-4-15(11-16)20(14)22/h5-8,14-16,20H,2-4,9-12,22H2,1H3,(H,23,25)(H,24,27). The van der Waals surface area contributed by atoms with Crippen molar-refractivity contribution >= 4 is 23.5 Å². The van der Waals surface area contributed by atoms with E-state index in [2.05, 4.69) is 15.4 Å². The predicted octanol–water partition coefficient (Wildman–Crippen LogP) is 1.61. The first-order valence-electron chi connectivity index (χ1n) is 9.95. The molecule has 0 aliphatic heterocycles. The van der Waals surface area contributed by atoms with E-state index in [1.54, 1.807) is 24.3 Å². The predicted molar refractivity (Wildman–Crippen MR) is 105 cm³/mol. The number of anilines is 1. The number of benzene rings is 1. The third-order valence-electron chi connectivity index (χ3n) is 6.03. The molecule has 2 bridgehead atoms. The summed E-state index contributed by atoms with van der Waals surface area (Å²) in [5, 5.41) is 5.50. The molecule has 2 atom stereocenters. The summed E-state index contributed by atoms with van der Waals surface area (Å²) in [6, 6.07) is 7.46. The number of esters is 1. The molecule has 2 saturated carbocycles. The molecule has 152 valence electrons. The van der Waals surface area contributed by atoms with Crippen LogP contribution < -0.4 is 16.4 Å². The van der Waals surface area contributed by atoms with E-state index in [9.17, 15) is 14.4 Å². The Kier molecular flexibility index (Phi) is 6.67. The second kappa shape index (κ2) is 9.19. The highest BCUT2D eigenvalue weighted by Crippen LogP contribution is 2.42. The van der Waals surface area contributed by atoms with Gasteiger partial charge in [-0.3, -0.25) is 14.4 Å². The number of nitrogens with two attached hydrogens (primary N) is 1. The second-order valence-electron chi connectivity index (χ2n) is 7.91. The van der Waals surface area contributed by atoms with Gasteiger partial charge in [0, 0.05) is 17.6 Å². The van der Waals surface area contributed by atoms with Crippen LogP contribution in [-0.2, 0) is 25.5 Å². The minimum atomic E-state index is -0.487. The van der Waals surface area contributed by atoms with E-state index < -0.39 is 5.97 Å². The normalized spacial score (nSPS) is 26.2. The van der Waals surface area contributed by atoms with Crippen LogP contribution in [0.3, 0.4) is 0 Å². The van der Waals surface area contributed by atoms with Crippen molar-refractivity contribution in [2.45, 2.75) is 44.6 Å². The van der Waals surface area contributed by atoms with Gasteiger partial charge in [-0.1, -0.05) is 18.6 Å². The van der Waals surface area contributed by atoms with Crippen molar-refractivity contribution in [3.05, 3.63) is 29.8 Å². The molecule has 2 aliphatic rings. The minimum absolute atomic E-state index is 0.0267. The Balaban J connectivity index is 1.49. The number of rotatable bonds is 6. The minimum Gasteiger partial charge on any atom is -0.468 e. The average Bonchev–Trinajstić information content (AvgIpc) is 2.67. The molecule has 0 aromatic heterocycles. The molecule has 2 unspecified atom stereocenters. The monoisotopic (exact) mass is 387 g/mol. The number of amides is 2. The van der Waals surface area contributed by atoms with Crippen LogP contribution in [0.15, 0.2) is 24.3 Å². The zero-order valence-corrected chi connectivity index (χ0v) is 16.3. The average molecular weight is 387 g/mol. The van der Waals surface area contributed by atoms with E-state index in [0.717, 1.165) is 36.9 Å². The third kappa shape index (κ3) is 5.10. The van der Waals surface area contributed by atoms with Gasteiger partial charge in [-0.05, 0) is 55.2 Å². The molecule has 0 spiro atoms. The lowest BCUT2D eigenvalue weighted by atomic mass is 9.65. The molecular formula is C21H29N3O4. The molecule has 7 nitrogen and oxygen atoms in total. The summed E-state index contributed by atoms with van der Waals surface area (Å²) in [5.74, 6) is 0.279. The van der Waals surface area contributed by atoms with Crippen LogP contribution in [0.4, 0.5) is 5.69 Å².